The van der Waals surface area contributed by atoms with Gasteiger partial charge in [0, 0.05) is 25.7 Å². The predicted octanol–water partition coefficient (Wildman–Crippen LogP) is 4.09. The molecule has 2 aliphatic heterocycles. The van der Waals surface area contributed by atoms with Gasteiger partial charge in [-0.3, -0.25) is 0 Å². The molecule has 0 aliphatic carbocycles. The molecule has 6 heteroatoms. The number of hydrogen-bond acceptors (Lipinski definition) is 4. The van der Waals surface area contributed by atoms with Gasteiger partial charge in [-0.1, -0.05) is 20.8 Å². The number of nitrogens with zero attached hydrogens (tertiary/aromatic N) is 3. The van der Waals surface area contributed by atoms with Gasteiger partial charge < -0.3 is 19.9 Å². The number of ether oxygens (including phenoxy) is 1. The zero-order chi connectivity index (χ0) is 19.9. The van der Waals surface area contributed by atoms with Gasteiger partial charge in [-0.25, -0.2) is 9.78 Å². The predicted molar refractivity (Wildman–Crippen MR) is 113 cm³/mol. The molecule has 0 radical (unpaired) electrons. The Morgan fingerprint density at radius 3 is 2.71 bits per heavy atom. The van der Waals surface area contributed by atoms with Crippen molar-refractivity contribution in [3.63, 3.8) is 0 Å². The number of rotatable bonds is 6. The number of carbonyl (C=O) groups is 1. The Bertz CT molecular complexity index is 611. The Morgan fingerprint density at radius 1 is 1.25 bits per heavy atom. The summed E-state index contributed by atoms with van der Waals surface area (Å²) in [6.07, 6.45) is 6.59. The minimum atomic E-state index is -0.0189. The molecule has 1 N–H and O–H groups in total. The van der Waals surface area contributed by atoms with E-state index in [9.17, 15) is 4.79 Å². The average Bonchev–Trinajstić information content (AvgIpc) is 2.69. The molecule has 1 atom stereocenters. The highest BCUT2D eigenvalue weighted by atomic mass is 16.5. The summed E-state index contributed by atoms with van der Waals surface area (Å²) >= 11 is 0. The Balaban J connectivity index is 1.45. The van der Waals surface area contributed by atoms with Crippen LogP contribution in [0.5, 0.6) is 5.88 Å². The van der Waals surface area contributed by atoms with Gasteiger partial charge in [0.05, 0.1) is 18.5 Å². The third-order valence-electron chi connectivity index (χ3n) is 5.75. The minimum Gasteiger partial charge on any atom is -0.477 e. The van der Waals surface area contributed by atoms with Crippen molar-refractivity contribution in [3.8, 4) is 5.88 Å². The molecule has 1 aromatic heterocycles. The summed E-state index contributed by atoms with van der Waals surface area (Å²) in [4.78, 5) is 21.5. The van der Waals surface area contributed by atoms with Crippen molar-refractivity contribution in [2.75, 3.05) is 44.6 Å². The normalized spacial score (nSPS) is 21.7. The highest BCUT2D eigenvalue weighted by molar-refractivity contribution is 5.89. The van der Waals surface area contributed by atoms with Gasteiger partial charge in [0.15, 0.2) is 0 Å². The molecular weight excluding hydrogens is 352 g/mol. The largest absolute Gasteiger partial charge is 0.477 e. The van der Waals surface area contributed by atoms with Crippen LogP contribution < -0.4 is 10.1 Å². The number of carbonyl (C=O) groups excluding carboxylic acids is 1. The Labute approximate surface area is 169 Å². The molecular formula is C22H36N4O2. The lowest BCUT2D eigenvalue weighted by Gasteiger charge is -2.37. The van der Waals surface area contributed by atoms with Gasteiger partial charge >= 0.3 is 6.03 Å². The molecule has 6 nitrogen and oxygen atoms in total. The molecule has 3 heterocycles. The van der Waals surface area contributed by atoms with Crippen LogP contribution in [0.2, 0.25) is 0 Å². The Morgan fingerprint density at radius 2 is 2.04 bits per heavy atom. The molecule has 3 rings (SSSR count). The van der Waals surface area contributed by atoms with E-state index in [1.807, 2.05) is 17.0 Å². The van der Waals surface area contributed by atoms with Gasteiger partial charge in [0.25, 0.3) is 0 Å². The van der Waals surface area contributed by atoms with Crippen LogP contribution in [0.25, 0.3) is 0 Å². The van der Waals surface area contributed by atoms with Crippen LogP contribution in [0.4, 0.5) is 10.5 Å². The topological polar surface area (TPSA) is 57.7 Å². The van der Waals surface area contributed by atoms with Crippen molar-refractivity contribution >= 4 is 11.7 Å². The van der Waals surface area contributed by atoms with Crippen molar-refractivity contribution in [1.29, 1.82) is 0 Å². The second-order valence-corrected chi connectivity index (χ2v) is 8.96. The van der Waals surface area contributed by atoms with Crippen LogP contribution >= 0.6 is 0 Å². The summed E-state index contributed by atoms with van der Waals surface area (Å²) in [6, 6.07) is 3.65. The summed E-state index contributed by atoms with van der Waals surface area (Å²) in [5.74, 6) is 2.50. The first-order valence-electron chi connectivity index (χ1n) is 10.9. The summed E-state index contributed by atoms with van der Waals surface area (Å²) in [7, 11) is 0. The van der Waals surface area contributed by atoms with Gasteiger partial charge in [-0.2, -0.15) is 0 Å². The van der Waals surface area contributed by atoms with Gasteiger partial charge in [0.2, 0.25) is 5.88 Å². The number of aromatic nitrogens is 1. The van der Waals surface area contributed by atoms with Crippen molar-refractivity contribution in [2.45, 2.75) is 46.5 Å². The molecule has 2 fully saturated rings. The first kappa shape index (κ1) is 20.9. The first-order chi connectivity index (χ1) is 13.5. The fraction of sp³-hybridized carbons (Fsp3) is 0.727. The Kier molecular flexibility index (Phi) is 7.54. The summed E-state index contributed by atoms with van der Waals surface area (Å²) in [5, 5.41) is 2.99. The van der Waals surface area contributed by atoms with Crippen LogP contribution in [0.15, 0.2) is 18.3 Å². The van der Waals surface area contributed by atoms with Gasteiger partial charge in [0.1, 0.15) is 0 Å². The number of likely N-dealkylation sites (tertiary alicyclic amines) is 2. The quantitative estimate of drug-likeness (QED) is 0.797. The number of anilines is 1. The molecule has 1 unspecified atom stereocenters. The molecule has 2 amide bonds. The maximum atomic E-state index is 12.7. The van der Waals surface area contributed by atoms with Crippen molar-refractivity contribution in [1.82, 2.24) is 14.8 Å². The molecule has 0 spiro atoms. The lowest BCUT2D eigenvalue weighted by atomic mass is 9.94. The van der Waals surface area contributed by atoms with Crippen LogP contribution in [-0.4, -0.2) is 60.1 Å². The monoisotopic (exact) mass is 388 g/mol. The lowest BCUT2D eigenvalue weighted by molar-refractivity contribution is 0.124. The molecule has 0 bridgehead atoms. The van der Waals surface area contributed by atoms with Gasteiger partial charge in [-0.05, 0) is 62.6 Å². The number of nitrogens with one attached hydrogen (secondary N) is 1. The minimum absolute atomic E-state index is 0.0189. The lowest BCUT2D eigenvalue weighted by Crippen LogP contribution is -2.46. The third-order valence-corrected chi connectivity index (χ3v) is 5.75. The fourth-order valence-electron chi connectivity index (χ4n) is 4.00. The number of pyridine rings is 1. The second kappa shape index (κ2) is 10.1. The highest BCUT2D eigenvalue weighted by Crippen LogP contribution is 2.22. The van der Waals surface area contributed by atoms with E-state index >= 15 is 0 Å². The molecule has 0 aromatic carbocycles. The number of urea groups is 1. The van der Waals surface area contributed by atoms with Crippen molar-refractivity contribution in [3.05, 3.63) is 18.3 Å². The van der Waals surface area contributed by atoms with E-state index in [0.29, 0.717) is 30.0 Å². The molecule has 28 heavy (non-hydrogen) atoms. The fourth-order valence-corrected chi connectivity index (χ4v) is 4.00. The van der Waals surface area contributed by atoms with Crippen LogP contribution in [0, 0.1) is 17.8 Å². The maximum Gasteiger partial charge on any atom is 0.321 e. The standard InChI is InChI=1S/C22H36N4O2/c1-17(2)16-28-21-7-6-20(13-23-21)24-22(27)26-10-4-5-19(15-26)14-25-11-8-18(3)9-12-25/h6-7,13,17-19H,4-5,8-12,14-16H2,1-3H3,(H,24,27). The zero-order valence-corrected chi connectivity index (χ0v) is 17.7. The van der Waals surface area contributed by atoms with Crippen LogP contribution in [0.3, 0.4) is 0 Å². The third kappa shape index (κ3) is 6.36. The summed E-state index contributed by atoms with van der Waals surface area (Å²) in [6.45, 7) is 12.4. The maximum absolute atomic E-state index is 12.7. The van der Waals surface area contributed by atoms with Crippen LogP contribution in [-0.2, 0) is 0 Å². The average molecular weight is 389 g/mol. The van der Waals surface area contributed by atoms with E-state index in [1.54, 1.807) is 6.20 Å². The van der Waals surface area contributed by atoms with E-state index in [1.165, 1.54) is 32.4 Å². The second-order valence-electron chi connectivity index (χ2n) is 8.96. The van der Waals surface area contributed by atoms with E-state index in [2.05, 4.69) is 36.0 Å². The molecule has 2 saturated heterocycles. The summed E-state index contributed by atoms with van der Waals surface area (Å²) in [5.41, 5.74) is 0.717. The number of hydrogen-bond donors (Lipinski definition) is 1. The smallest absolute Gasteiger partial charge is 0.321 e. The number of piperidine rings is 2. The number of amides is 2. The van der Waals surface area contributed by atoms with Crippen molar-refractivity contribution in [2.24, 2.45) is 17.8 Å². The highest BCUT2D eigenvalue weighted by Gasteiger charge is 2.26. The molecule has 2 aliphatic rings. The Hall–Kier alpha value is -1.82. The molecule has 0 saturated carbocycles. The van der Waals surface area contributed by atoms with Gasteiger partial charge in [-0.15, -0.1) is 0 Å². The zero-order valence-electron chi connectivity index (χ0n) is 17.7. The van der Waals surface area contributed by atoms with E-state index < -0.39 is 0 Å². The summed E-state index contributed by atoms with van der Waals surface area (Å²) < 4.78 is 5.60. The van der Waals surface area contributed by atoms with Crippen molar-refractivity contribution < 1.29 is 9.53 Å². The molecule has 156 valence electrons. The molecule has 1 aromatic rings. The first-order valence-corrected chi connectivity index (χ1v) is 10.9. The van der Waals surface area contributed by atoms with Crippen LogP contribution in [0.1, 0.15) is 46.5 Å². The SMILES string of the molecule is CC(C)COc1ccc(NC(=O)N2CCCC(CN3CCC(C)CC3)C2)cn1. The van der Waals surface area contributed by atoms with E-state index in [4.69, 9.17) is 4.74 Å². The van der Waals surface area contributed by atoms with E-state index in [0.717, 1.165) is 32.0 Å². The van der Waals surface area contributed by atoms with E-state index in [-0.39, 0.29) is 6.03 Å².